The van der Waals surface area contributed by atoms with E-state index in [4.69, 9.17) is 5.10 Å². The fraction of sp³-hybridized carbons (Fsp3) is 0.192. The van der Waals surface area contributed by atoms with Crippen molar-refractivity contribution in [1.29, 1.82) is 0 Å². The largest absolute Gasteiger partial charge is 0.349 e. The summed E-state index contributed by atoms with van der Waals surface area (Å²) < 4.78 is 1.82. The quantitative estimate of drug-likeness (QED) is 0.456. The Morgan fingerprint density at radius 2 is 1.68 bits per heavy atom. The highest BCUT2D eigenvalue weighted by Crippen LogP contribution is 2.22. The molecule has 0 bridgehead atoms. The highest BCUT2D eigenvalue weighted by atomic mass is 16.1. The van der Waals surface area contributed by atoms with E-state index in [9.17, 15) is 4.79 Å². The molecule has 1 amide bonds. The van der Waals surface area contributed by atoms with Crippen LogP contribution in [0.1, 0.15) is 34.8 Å². The Labute approximate surface area is 182 Å². The summed E-state index contributed by atoms with van der Waals surface area (Å²) in [6, 6.07) is 24.3. The average Bonchev–Trinajstić information content (AvgIpc) is 3.24. The molecule has 1 N–H and O–H groups in total. The SMILES string of the molecule is CC(CCc1ccccc1)NC(=O)c1cn(Cc2ccccc2)nc1-c1cccnc1. The van der Waals surface area contributed by atoms with Crippen LogP contribution in [0.2, 0.25) is 0 Å². The van der Waals surface area contributed by atoms with Crippen LogP contribution in [-0.2, 0) is 13.0 Å². The van der Waals surface area contributed by atoms with Crippen molar-refractivity contribution in [3.05, 3.63) is 108 Å². The van der Waals surface area contributed by atoms with Crippen LogP contribution in [0, 0.1) is 0 Å². The normalized spacial score (nSPS) is 11.8. The number of pyridine rings is 1. The molecule has 0 aliphatic heterocycles. The van der Waals surface area contributed by atoms with Crippen LogP contribution in [0.4, 0.5) is 0 Å². The van der Waals surface area contributed by atoms with Crippen molar-refractivity contribution in [2.45, 2.75) is 32.4 Å². The summed E-state index contributed by atoms with van der Waals surface area (Å²) in [6.45, 7) is 2.64. The highest BCUT2D eigenvalue weighted by molar-refractivity contribution is 5.99. The second-order valence-corrected chi connectivity index (χ2v) is 7.72. The van der Waals surface area contributed by atoms with Crippen molar-refractivity contribution in [1.82, 2.24) is 20.1 Å². The lowest BCUT2D eigenvalue weighted by atomic mass is 10.1. The minimum absolute atomic E-state index is 0.0481. The summed E-state index contributed by atoms with van der Waals surface area (Å²) >= 11 is 0. The fourth-order valence-corrected chi connectivity index (χ4v) is 3.56. The van der Waals surface area contributed by atoms with Crippen molar-refractivity contribution < 1.29 is 4.79 Å². The van der Waals surface area contributed by atoms with Crippen LogP contribution >= 0.6 is 0 Å². The molecule has 4 aromatic rings. The van der Waals surface area contributed by atoms with Gasteiger partial charge in [0.1, 0.15) is 5.69 Å². The van der Waals surface area contributed by atoms with Gasteiger partial charge in [-0.25, -0.2) is 0 Å². The summed E-state index contributed by atoms with van der Waals surface area (Å²) in [5.74, 6) is -0.112. The van der Waals surface area contributed by atoms with E-state index in [1.54, 1.807) is 12.4 Å². The number of hydrogen-bond acceptors (Lipinski definition) is 3. The van der Waals surface area contributed by atoms with Gasteiger partial charge in [0, 0.05) is 30.2 Å². The number of amides is 1. The van der Waals surface area contributed by atoms with Crippen LogP contribution in [-0.4, -0.2) is 26.7 Å². The molecule has 5 nitrogen and oxygen atoms in total. The first-order valence-corrected chi connectivity index (χ1v) is 10.6. The second kappa shape index (κ2) is 9.85. The molecule has 2 heterocycles. The molecule has 156 valence electrons. The van der Waals surface area contributed by atoms with E-state index < -0.39 is 0 Å². The number of carbonyl (C=O) groups is 1. The van der Waals surface area contributed by atoms with Crippen molar-refractivity contribution in [2.75, 3.05) is 0 Å². The molecule has 0 saturated heterocycles. The Balaban J connectivity index is 1.51. The van der Waals surface area contributed by atoms with Gasteiger partial charge >= 0.3 is 0 Å². The summed E-state index contributed by atoms with van der Waals surface area (Å²) in [5, 5.41) is 7.85. The number of benzene rings is 2. The van der Waals surface area contributed by atoms with E-state index in [2.05, 4.69) is 34.6 Å². The number of rotatable bonds is 8. The summed E-state index contributed by atoms with van der Waals surface area (Å²) in [4.78, 5) is 17.3. The Bertz CT molecular complexity index is 1110. The van der Waals surface area contributed by atoms with Gasteiger partial charge in [0.05, 0.1) is 12.1 Å². The third kappa shape index (κ3) is 5.45. The zero-order valence-electron chi connectivity index (χ0n) is 17.6. The zero-order chi connectivity index (χ0) is 21.5. The number of hydrogen-bond donors (Lipinski definition) is 1. The molecule has 2 aromatic carbocycles. The van der Waals surface area contributed by atoms with Crippen molar-refractivity contribution in [2.24, 2.45) is 0 Å². The van der Waals surface area contributed by atoms with Gasteiger partial charge in [-0.15, -0.1) is 0 Å². The van der Waals surface area contributed by atoms with Gasteiger partial charge in [0.15, 0.2) is 0 Å². The van der Waals surface area contributed by atoms with Crippen LogP contribution in [0.5, 0.6) is 0 Å². The number of carbonyl (C=O) groups excluding carboxylic acids is 1. The lowest BCUT2D eigenvalue weighted by Gasteiger charge is -2.14. The Hall–Kier alpha value is -3.73. The monoisotopic (exact) mass is 410 g/mol. The molecular formula is C26H26N4O. The van der Waals surface area contributed by atoms with Gasteiger partial charge < -0.3 is 5.32 Å². The van der Waals surface area contributed by atoms with Crippen LogP contribution in [0.3, 0.4) is 0 Å². The number of aryl methyl sites for hydroxylation is 1. The van der Waals surface area contributed by atoms with Gasteiger partial charge in [-0.3, -0.25) is 14.5 Å². The summed E-state index contributed by atoms with van der Waals surface area (Å²) in [6.07, 6.45) is 7.08. The van der Waals surface area contributed by atoms with Crippen LogP contribution < -0.4 is 5.32 Å². The molecule has 0 spiro atoms. The van der Waals surface area contributed by atoms with Crippen molar-refractivity contribution in [3.63, 3.8) is 0 Å². The second-order valence-electron chi connectivity index (χ2n) is 7.72. The highest BCUT2D eigenvalue weighted by Gasteiger charge is 2.19. The first kappa shape index (κ1) is 20.5. The maximum atomic E-state index is 13.1. The predicted octanol–water partition coefficient (Wildman–Crippen LogP) is 4.74. The fourth-order valence-electron chi connectivity index (χ4n) is 3.56. The lowest BCUT2D eigenvalue weighted by Crippen LogP contribution is -2.33. The minimum Gasteiger partial charge on any atom is -0.349 e. The molecule has 0 saturated carbocycles. The van der Waals surface area contributed by atoms with Crippen LogP contribution in [0.15, 0.2) is 91.4 Å². The van der Waals surface area contributed by atoms with E-state index in [-0.39, 0.29) is 11.9 Å². The summed E-state index contributed by atoms with van der Waals surface area (Å²) in [7, 11) is 0. The lowest BCUT2D eigenvalue weighted by molar-refractivity contribution is 0.0939. The number of nitrogens with one attached hydrogen (secondary N) is 1. The molecule has 0 aliphatic carbocycles. The van der Waals surface area contributed by atoms with E-state index in [1.165, 1.54) is 5.56 Å². The van der Waals surface area contributed by atoms with E-state index >= 15 is 0 Å². The number of aromatic nitrogens is 3. The zero-order valence-corrected chi connectivity index (χ0v) is 17.6. The Morgan fingerprint density at radius 1 is 0.968 bits per heavy atom. The average molecular weight is 411 g/mol. The third-order valence-electron chi connectivity index (χ3n) is 5.22. The molecule has 2 aromatic heterocycles. The van der Waals surface area contributed by atoms with Crippen molar-refractivity contribution in [3.8, 4) is 11.3 Å². The molecule has 0 aliphatic rings. The Kier molecular flexibility index (Phi) is 6.53. The molecule has 4 rings (SSSR count). The molecule has 1 unspecified atom stereocenters. The van der Waals surface area contributed by atoms with E-state index in [1.807, 2.05) is 66.3 Å². The smallest absolute Gasteiger partial charge is 0.255 e. The van der Waals surface area contributed by atoms with Gasteiger partial charge in [0.25, 0.3) is 5.91 Å². The predicted molar refractivity (Wildman–Crippen MR) is 123 cm³/mol. The first-order valence-electron chi connectivity index (χ1n) is 10.6. The molecular weight excluding hydrogens is 384 g/mol. The molecule has 0 radical (unpaired) electrons. The molecule has 1 atom stereocenters. The minimum atomic E-state index is -0.112. The summed E-state index contributed by atoms with van der Waals surface area (Å²) in [5.41, 5.74) is 4.45. The number of nitrogens with zero attached hydrogens (tertiary/aromatic N) is 3. The van der Waals surface area contributed by atoms with Crippen molar-refractivity contribution >= 4 is 5.91 Å². The maximum Gasteiger partial charge on any atom is 0.255 e. The maximum absolute atomic E-state index is 13.1. The van der Waals surface area contributed by atoms with Gasteiger partial charge in [-0.2, -0.15) is 5.10 Å². The molecule has 5 heteroatoms. The first-order chi connectivity index (χ1) is 15.2. The van der Waals surface area contributed by atoms with Gasteiger partial charge in [-0.05, 0) is 43.0 Å². The molecule has 0 fully saturated rings. The third-order valence-corrected chi connectivity index (χ3v) is 5.22. The van der Waals surface area contributed by atoms with Gasteiger partial charge in [0.2, 0.25) is 0 Å². The van der Waals surface area contributed by atoms with E-state index in [0.717, 1.165) is 24.0 Å². The topological polar surface area (TPSA) is 59.8 Å². The van der Waals surface area contributed by atoms with Gasteiger partial charge in [-0.1, -0.05) is 60.7 Å². The Morgan fingerprint density at radius 3 is 2.35 bits per heavy atom. The molecule has 31 heavy (non-hydrogen) atoms. The van der Waals surface area contributed by atoms with Crippen LogP contribution in [0.25, 0.3) is 11.3 Å². The van der Waals surface area contributed by atoms with E-state index in [0.29, 0.717) is 17.8 Å². The standard InChI is InChI=1S/C26H26N4O/c1-20(14-15-21-9-4-2-5-10-21)28-26(31)24-19-30(18-22-11-6-3-7-12-22)29-25(24)23-13-8-16-27-17-23/h2-13,16-17,19-20H,14-15,18H2,1H3,(H,28,31).